The summed E-state index contributed by atoms with van der Waals surface area (Å²) in [6, 6.07) is -8.47. The van der Waals surface area contributed by atoms with Crippen LogP contribution in [0.15, 0.2) is 0 Å². The molecule has 2 aliphatic rings. The van der Waals surface area contributed by atoms with E-state index in [2.05, 4.69) is 26.6 Å². The highest BCUT2D eigenvalue weighted by molar-refractivity contribution is 5.92. The molecule has 18 N–H and O–H groups in total. The molecule has 6 amide bonds. The molecule has 2 aliphatic heterocycles. The number of carboxylic acid groups (broad SMARTS) is 2. The van der Waals surface area contributed by atoms with Crippen LogP contribution in [0.1, 0.15) is 59.3 Å². The first-order chi connectivity index (χ1) is 29.0. The Morgan fingerprint density at radius 3 is 1.98 bits per heavy atom. The number of rotatable bonds is 25. The lowest BCUT2D eigenvalue weighted by Gasteiger charge is -2.48. The van der Waals surface area contributed by atoms with Gasteiger partial charge in [0.2, 0.25) is 35.4 Å². The first kappa shape index (κ1) is 53.5. The van der Waals surface area contributed by atoms with Gasteiger partial charge in [0.05, 0.1) is 25.7 Å². The number of hydrogen-bond acceptors (Lipinski definition) is 19. The third-order valence-corrected chi connectivity index (χ3v) is 9.84. The fraction of sp³-hybridized carbons (Fsp3) is 0.771. The van der Waals surface area contributed by atoms with Gasteiger partial charge in [-0.3, -0.25) is 33.6 Å². The van der Waals surface area contributed by atoms with Crippen molar-refractivity contribution in [2.45, 2.75) is 151 Å². The van der Waals surface area contributed by atoms with Gasteiger partial charge in [0.25, 0.3) is 0 Å². The summed E-state index contributed by atoms with van der Waals surface area (Å²) in [7, 11) is 0. The van der Waals surface area contributed by atoms with Gasteiger partial charge < -0.3 is 98.5 Å². The molecule has 2 rings (SSSR count). The number of carbonyl (C=O) groups excluding carboxylic acids is 6. The molecule has 0 aromatic carbocycles. The molecule has 0 aromatic rings. The smallest absolute Gasteiger partial charge is 0.326 e. The number of unbranched alkanes of at least 4 members (excludes halogenated alkanes) is 1. The number of aliphatic carboxylic acids is 2. The molecule has 0 saturated carbocycles. The molecule has 27 nitrogen and oxygen atoms in total. The van der Waals surface area contributed by atoms with E-state index in [1.807, 2.05) is 0 Å². The van der Waals surface area contributed by atoms with Crippen LogP contribution in [-0.2, 0) is 57.3 Å². The van der Waals surface area contributed by atoms with E-state index >= 15 is 0 Å². The zero-order valence-corrected chi connectivity index (χ0v) is 34.3. The SMILES string of the molecule is CC(=O)NC1C(OC2C(CO)OC(O)C(N)C2OC(C)C(=O)NC(C)C(=O)NC(CCC(=O)NC(CCCCNC(=O)CC(N)C(=O)O)C(=O)O)C(N)=O)OC(CO)C(O)C1O. The number of aliphatic hydroxyl groups is 5. The van der Waals surface area contributed by atoms with Crippen LogP contribution >= 0.6 is 0 Å². The van der Waals surface area contributed by atoms with E-state index < -0.39 is 165 Å². The van der Waals surface area contributed by atoms with Crippen molar-refractivity contribution in [2.75, 3.05) is 19.8 Å². The van der Waals surface area contributed by atoms with E-state index in [-0.39, 0.29) is 32.2 Å². The van der Waals surface area contributed by atoms with E-state index in [1.54, 1.807) is 0 Å². The number of carboxylic acids is 2. The van der Waals surface area contributed by atoms with Gasteiger partial charge in [0, 0.05) is 19.9 Å². The van der Waals surface area contributed by atoms with Crippen LogP contribution in [0, 0.1) is 0 Å². The number of nitrogens with one attached hydrogen (secondary N) is 5. The predicted molar refractivity (Wildman–Crippen MR) is 205 cm³/mol. The summed E-state index contributed by atoms with van der Waals surface area (Å²) >= 11 is 0. The largest absolute Gasteiger partial charge is 0.480 e. The quantitative estimate of drug-likeness (QED) is 0.0378. The zero-order chi connectivity index (χ0) is 47.0. The van der Waals surface area contributed by atoms with Crippen molar-refractivity contribution >= 4 is 47.4 Å². The number of aliphatic hydroxyl groups excluding tert-OH is 5. The highest BCUT2D eigenvalue weighted by Gasteiger charge is 2.52. The fourth-order valence-electron chi connectivity index (χ4n) is 6.30. The lowest BCUT2D eigenvalue weighted by Crippen LogP contribution is -2.69. The van der Waals surface area contributed by atoms with E-state index in [0.717, 1.165) is 6.92 Å². The Labute approximate surface area is 354 Å². The van der Waals surface area contributed by atoms with E-state index in [1.165, 1.54) is 13.8 Å². The van der Waals surface area contributed by atoms with Crippen molar-refractivity contribution in [1.29, 1.82) is 0 Å². The van der Waals surface area contributed by atoms with Crippen LogP contribution < -0.4 is 43.8 Å². The van der Waals surface area contributed by atoms with E-state index in [9.17, 15) is 69.0 Å². The molecule has 62 heavy (non-hydrogen) atoms. The topological polar surface area (TPSA) is 453 Å². The molecular weight excluding hydrogens is 836 g/mol. The number of primary amides is 1. The monoisotopic (exact) mass is 896 g/mol. The van der Waals surface area contributed by atoms with Crippen LogP contribution in [0.5, 0.6) is 0 Å². The third-order valence-electron chi connectivity index (χ3n) is 9.84. The van der Waals surface area contributed by atoms with E-state index in [0.29, 0.717) is 0 Å². The van der Waals surface area contributed by atoms with Crippen molar-refractivity contribution in [3.05, 3.63) is 0 Å². The molecule has 0 radical (unpaired) electrons. The summed E-state index contributed by atoms with van der Waals surface area (Å²) in [6.45, 7) is 2.05. The van der Waals surface area contributed by atoms with Gasteiger partial charge in [-0.1, -0.05) is 0 Å². The minimum Gasteiger partial charge on any atom is -0.480 e. The first-order valence-electron chi connectivity index (χ1n) is 19.6. The second kappa shape index (κ2) is 25.4. The van der Waals surface area contributed by atoms with Crippen molar-refractivity contribution in [2.24, 2.45) is 17.2 Å². The van der Waals surface area contributed by atoms with Crippen molar-refractivity contribution in [3.63, 3.8) is 0 Å². The molecule has 354 valence electrons. The number of ether oxygens (including phenoxy) is 4. The molecule has 15 atom stereocenters. The highest BCUT2D eigenvalue weighted by atomic mass is 16.7. The number of nitrogens with two attached hydrogens (primary N) is 3. The molecule has 2 fully saturated rings. The second-order valence-corrected chi connectivity index (χ2v) is 14.8. The van der Waals surface area contributed by atoms with Gasteiger partial charge in [-0.25, -0.2) is 4.79 Å². The summed E-state index contributed by atoms with van der Waals surface area (Å²) in [5.74, 6) is -7.73. The van der Waals surface area contributed by atoms with Crippen LogP contribution in [0.25, 0.3) is 0 Å². The predicted octanol–water partition coefficient (Wildman–Crippen LogP) is -7.96. The zero-order valence-electron chi connectivity index (χ0n) is 34.3. The van der Waals surface area contributed by atoms with Gasteiger partial charge in [0.1, 0.15) is 72.9 Å². The molecule has 0 spiro atoms. The average molecular weight is 897 g/mol. The standard InChI is InChI=1S/C35H60N8O19/c1-13(30(52)43-17(29(38)51)7-8-21(47)42-18(33(56)57)6-4-5-9-39-22(48)10-16(36)32(54)55)40-31(53)14(2)59-28-23(37)34(58)60-20(12-45)27(28)62-35-24(41-15(3)46)26(50)25(49)19(11-44)61-35/h13-14,16-20,23-28,34-35,44-45,49-50,58H,4-12,36-37H2,1-3H3,(H2,38,51)(H,39,48)(H,40,53)(H,41,46)(H,42,47)(H,43,52)(H,54,55)(H,56,57). The normalized spacial score (nSPS) is 28.5. The van der Waals surface area contributed by atoms with Crippen LogP contribution in [0.3, 0.4) is 0 Å². The molecular formula is C35H60N8O19. The van der Waals surface area contributed by atoms with Gasteiger partial charge in [-0.2, -0.15) is 0 Å². The Morgan fingerprint density at radius 1 is 0.774 bits per heavy atom. The molecule has 2 heterocycles. The van der Waals surface area contributed by atoms with Crippen LogP contribution in [0.4, 0.5) is 0 Å². The van der Waals surface area contributed by atoms with Gasteiger partial charge in [0.15, 0.2) is 12.6 Å². The Hall–Kier alpha value is -4.68. The summed E-state index contributed by atoms with van der Waals surface area (Å²) in [6.07, 6.45) is -14.9. The molecule has 2 saturated heterocycles. The Balaban J connectivity index is 2.00. The van der Waals surface area contributed by atoms with Crippen molar-refractivity contribution in [3.8, 4) is 0 Å². The molecule has 27 heteroatoms. The summed E-state index contributed by atoms with van der Waals surface area (Å²) in [5.41, 5.74) is 16.9. The van der Waals surface area contributed by atoms with Gasteiger partial charge in [-0.15, -0.1) is 0 Å². The van der Waals surface area contributed by atoms with Crippen molar-refractivity contribution in [1.82, 2.24) is 26.6 Å². The maximum atomic E-state index is 13.3. The second-order valence-electron chi connectivity index (χ2n) is 14.8. The van der Waals surface area contributed by atoms with Crippen molar-refractivity contribution < 1.29 is 93.0 Å². The molecule has 15 unspecified atom stereocenters. The Kier molecular flexibility index (Phi) is 21.9. The summed E-state index contributed by atoms with van der Waals surface area (Å²) in [4.78, 5) is 97.3. The lowest BCUT2D eigenvalue weighted by molar-refractivity contribution is -0.331. The van der Waals surface area contributed by atoms with Gasteiger partial charge >= 0.3 is 11.9 Å². The Bertz CT molecular complexity index is 1560. The number of amides is 6. The molecule has 0 aromatic heterocycles. The number of hydrogen-bond donors (Lipinski definition) is 15. The fourth-order valence-corrected chi connectivity index (χ4v) is 6.30. The first-order valence-corrected chi connectivity index (χ1v) is 19.6. The van der Waals surface area contributed by atoms with Crippen LogP contribution in [0.2, 0.25) is 0 Å². The number of carbonyl (C=O) groups is 8. The molecule has 0 bridgehead atoms. The summed E-state index contributed by atoms with van der Waals surface area (Å²) in [5, 5.41) is 81.5. The Morgan fingerprint density at radius 2 is 1.42 bits per heavy atom. The highest BCUT2D eigenvalue weighted by Crippen LogP contribution is 2.30. The minimum absolute atomic E-state index is 0.0498. The van der Waals surface area contributed by atoms with E-state index in [4.69, 9.17) is 41.3 Å². The molecule has 0 aliphatic carbocycles. The van der Waals surface area contributed by atoms with Crippen LogP contribution in [-0.4, -0.2) is 194 Å². The lowest BCUT2D eigenvalue weighted by atomic mass is 9.94. The maximum Gasteiger partial charge on any atom is 0.326 e. The maximum absolute atomic E-state index is 13.3. The third kappa shape index (κ3) is 16.2. The average Bonchev–Trinajstić information content (AvgIpc) is 3.20. The van der Waals surface area contributed by atoms with Gasteiger partial charge in [-0.05, 0) is 39.5 Å². The summed E-state index contributed by atoms with van der Waals surface area (Å²) < 4.78 is 22.8. The minimum atomic E-state index is -1.78.